The van der Waals surface area contributed by atoms with Crippen LogP contribution in [0, 0.1) is 0 Å². The van der Waals surface area contributed by atoms with E-state index in [1.54, 1.807) is 4.90 Å². The molecule has 2 aliphatic rings. The van der Waals surface area contributed by atoms with E-state index in [0.717, 1.165) is 11.3 Å². The maximum atomic E-state index is 13.1. The minimum atomic E-state index is -0.513. The summed E-state index contributed by atoms with van der Waals surface area (Å²) in [6.07, 6.45) is -0.291. The quantitative estimate of drug-likeness (QED) is 0.726. The molecule has 160 valence electrons. The minimum Gasteiger partial charge on any atom is -0.444 e. The van der Waals surface area contributed by atoms with Crippen LogP contribution in [0.5, 0.6) is 0 Å². The van der Waals surface area contributed by atoms with Gasteiger partial charge in [0.05, 0.1) is 6.54 Å². The van der Waals surface area contributed by atoms with E-state index >= 15 is 0 Å². The summed E-state index contributed by atoms with van der Waals surface area (Å²) in [5, 5.41) is 0.711. The number of carbonyl (C=O) groups is 2. The molecule has 0 radical (unpaired) electrons. The second kappa shape index (κ2) is 7.80. The maximum Gasteiger partial charge on any atom is 0.410 e. The molecule has 1 aromatic carbocycles. The maximum absolute atomic E-state index is 13.1. The summed E-state index contributed by atoms with van der Waals surface area (Å²) in [7, 11) is 0. The van der Waals surface area contributed by atoms with Gasteiger partial charge in [-0.3, -0.25) is 9.69 Å². The second-order valence-corrected chi connectivity index (χ2v) is 10.2. The number of piperazine rings is 1. The van der Waals surface area contributed by atoms with Crippen LogP contribution in [0.1, 0.15) is 47.1 Å². The SMILES string of the molecule is CC1CN(CC(=O)N2CC(C)(C)c3c(Cl)cccc32)CCN1C(=O)OC(C)(C)C. The van der Waals surface area contributed by atoms with Crippen LogP contribution in [0.25, 0.3) is 0 Å². The number of hydrogen-bond acceptors (Lipinski definition) is 4. The predicted octanol–water partition coefficient (Wildman–Crippen LogP) is 3.91. The Morgan fingerprint density at radius 3 is 2.55 bits per heavy atom. The number of fused-ring (bicyclic) bond motifs is 1. The van der Waals surface area contributed by atoms with E-state index in [4.69, 9.17) is 16.3 Å². The second-order valence-electron chi connectivity index (χ2n) is 9.76. The molecule has 2 heterocycles. The summed E-state index contributed by atoms with van der Waals surface area (Å²) in [5.41, 5.74) is 1.26. The van der Waals surface area contributed by atoms with Crippen LogP contribution >= 0.6 is 11.6 Å². The summed E-state index contributed by atoms with van der Waals surface area (Å²) in [4.78, 5) is 31.2. The van der Waals surface area contributed by atoms with E-state index in [1.807, 2.05) is 50.8 Å². The fraction of sp³-hybridized carbons (Fsp3) is 0.636. The first-order valence-electron chi connectivity index (χ1n) is 10.2. The van der Waals surface area contributed by atoms with Crippen LogP contribution in [0.3, 0.4) is 0 Å². The van der Waals surface area contributed by atoms with Gasteiger partial charge in [-0.05, 0) is 39.8 Å². The van der Waals surface area contributed by atoms with Crippen LogP contribution in [-0.2, 0) is 14.9 Å². The van der Waals surface area contributed by atoms with Crippen LogP contribution in [0.4, 0.5) is 10.5 Å². The highest BCUT2D eigenvalue weighted by atomic mass is 35.5. The molecule has 1 saturated heterocycles. The third-order valence-corrected chi connectivity index (χ3v) is 5.83. The minimum absolute atomic E-state index is 0.0110. The highest BCUT2D eigenvalue weighted by molar-refractivity contribution is 6.32. The predicted molar refractivity (Wildman–Crippen MR) is 116 cm³/mol. The molecule has 0 N–H and O–H groups in total. The molecule has 7 heteroatoms. The number of carbonyl (C=O) groups excluding carboxylic acids is 2. The fourth-order valence-corrected chi connectivity index (χ4v) is 4.66. The molecule has 2 amide bonds. The van der Waals surface area contributed by atoms with Gasteiger partial charge in [-0.2, -0.15) is 0 Å². The lowest BCUT2D eigenvalue weighted by Gasteiger charge is -2.40. The Morgan fingerprint density at radius 2 is 1.93 bits per heavy atom. The Morgan fingerprint density at radius 1 is 1.24 bits per heavy atom. The molecule has 0 aliphatic carbocycles. The van der Waals surface area contributed by atoms with E-state index in [2.05, 4.69) is 18.7 Å². The molecule has 1 fully saturated rings. The van der Waals surface area contributed by atoms with Crippen molar-refractivity contribution in [3.05, 3.63) is 28.8 Å². The summed E-state index contributed by atoms with van der Waals surface area (Å²) in [6, 6.07) is 5.73. The Hall–Kier alpha value is -1.79. The first kappa shape index (κ1) is 21.9. The molecule has 0 aromatic heterocycles. The summed E-state index contributed by atoms with van der Waals surface area (Å²) in [5.74, 6) is 0.0667. The van der Waals surface area contributed by atoms with Crippen LogP contribution in [0.15, 0.2) is 18.2 Å². The van der Waals surface area contributed by atoms with Crippen molar-refractivity contribution < 1.29 is 14.3 Å². The Balaban J connectivity index is 1.64. The van der Waals surface area contributed by atoms with Crippen molar-refractivity contribution in [2.45, 2.75) is 58.6 Å². The first-order chi connectivity index (χ1) is 13.4. The number of nitrogens with zero attached hydrogens (tertiary/aromatic N) is 3. The van der Waals surface area contributed by atoms with Crippen molar-refractivity contribution in [3.63, 3.8) is 0 Å². The van der Waals surface area contributed by atoms with Crippen molar-refractivity contribution in [2.24, 2.45) is 0 Å². The molecule has 0 bridgehead atoms. The van der Waals surface area contributed by atoms with Crippen molar-refractivity contribution in [1.82, 2.24) is 9.80 Å². The molecular formula is C22H32ClN3O3. The Bertz CT molecular complexity index is 803. The normalized spacial score (nSPS) is 21.8. The molecule has 0 spiro atoms. The lowest BCUT2D eigenvalue weighted by atomic mass is 9.87. The van der Waals surface area contributed by atoms with E-state index < -0.39 is 5.60 Å². The zero-order valence-corrected chi connectivity index (χ0v) is 19.0. The molecule has 1 unspecified atom stereocenters. The van der Waals surface area contributed by atoms with E-state index in [9.17, 15) is 9.59 Å². The zero-order valence-electron chi connectivity index (χ0n) is 18.3. The number of halogens is 1. The average Bonchev–Trinajstić information content (AvgIpc) is 2.86. The summed E-state index contributed by atoms with van der Waals surface area (Å²) < 4.78 is 5.50. The highest BCUT2D eigenvalue weighted by Gasteiger charge is 2.40. The summed E-state index contributed by atoms with van der Waals surface area (Å²) in [6.45, 7) is 14.6. The molecule has 1 atom stereocenters. The van der Waals surface area contributed by atoms with Crippen LogP contribution in [0.2, 0.25) is 5.02 Å². The lowest BCUT2D eigenvalue weighted by Crippen LogP contribution is -2.56. The number of benzene rings is 1. The van der Waals surface area contributed by atoms with Crippen LogP contribution in [-0.4, -0.2) is 66.2 Å². The van der Waals surface area contributed by atoms with Gasteiger partial charge < -0.3 is 14.5 Å². The van der Waals surface area contributed by atoms with Crippen molar-refractivity contribution >= 4 is 29.3 Å². The van der Waals surface area contributed by atoms with Crippen molar-refractivity contribution in [1.29, 1.82) is 0 Å². The van der Waals surface area contributed by atoms with E-state index in [-0.39, 0.29) is 23.5 Å². The average molecular weight is 422 g/mol. The molecule has 3 rings (SSSR count). The third kappa shape index (κ3) is 4.69. The van der Waals surface area contributed by atoms with Crippen LogP contribution < -0.4 is 4.90 Å². The monoisotopic (exact) mass is 421 g/mol. The number of hydrogen-bond donors (Lipinski definition) is 0. The standard InChI is InChI=1S/C22H32ClN3O3/c1-15-12-24(10-11-25(15)20(28)29-21(2,3)4)13-18(27)26-14-22(5,6)19-16(23)8-7-9-17(19)26/h7-9,15H,10-14H2,1-6H3. The van der Waals surface area contributed by atoms with Gasteiger partial charge in [-0.15, -0.1) is 0 Å². The highest BCUT2D eigenvalue weighted by Crippen LogP contribution is 2.44. The fourth-order valence-electron chi connectivity index (χ4n) is 4.23. The molecule has 1 aromatic rings. The summed E-state index contributed by atoms with van der Waals surface area (Å²) >= 11 is 6.43. The van der Waals surface area contributed by atoms with Crippen molar-refractivity contribution in [3.8, 4) is 0 Å². The van der Waals surface area contributed by atoms with Gasteiger partial charge in [0, 0.05) is 53.9 Å². The smallest absolute Gasteiger partial charge is 0.410 e. The molecule has 0 saturated carbocycles. The van der Waals surface area contributed by atoms with Gasteiger partial charge in [-0.1, -0.05) is 31.5 Å². The number of anilines is 1. The number of rotatable bonds is 2. The lowest BCUT2D eigenvalue weighted by molar-refractivity contribution is -0.120. The van der Waals surface area contributed by atoms with Gasteiger partial charge in [-0.25, -0.2) is 4.79 Å². The van der Waals surface area contributed by atoms with Gasteiger partial charge in [0.25, 0.3) is 0 Å². The molecule has 29 heavy (non-hydrogen) atoms. The number of ether oxygens (including phenoxy) is 1. The molecule has 2 aliphatic heterocycles. The topological polar surface area (TPSA) is 53.1 Å². The largest absolute Gasteiger partial charge is 0.444 e. The van der Waals surface area contributed by atoms with Gasteiger partial charge in [0.1, 0.15) is 5.60 Å². The third-order valence-electron chi connectivity index (χ3n) is 5.51. The van der Waals surface area contributed by atoms with Gasteiger partial charge in [0.2, 0.25) is 5.91 Å². The first-order valence-corrected chi connectivity index (χ1v) is 10.6. The number of amides is 2. The van der Waals surface area contributed by atoms with E-state index in [1.165, 1.54) is 0 Å². The van der Waals surface area contributed by atoms with E-state index in [0.29, 0.717) is 37.7 Å². The zero-order chi connectivity index (χ0) is 21.6. The molecule has 6 nitrogen and oxygen atoms in total. The van der Waals surface area contributed by atoms with Gasteiger partial charge >= 0.3 is 6.09 Å². The van der Waals surface area contributed by atoms with Gasteiger partial charge in [0.15, 0.2) is 0 Å². The Labute approximate surface area is 178 Å². The Kier molecular flexibility index (Phi) is 5.89. The molecular weight excluding hydrogens is 390 g/mol. The van der Waals surface area contributed by atoms with Crippen molar-refractivity contribution in [2.75, 3.05) is 37.6 Å².